The summed E-state index contributed by atoms with van der Waals surface area (Å²) in [7, 11) is 0. The third-order valence-electron chi connectivity index (χ3n) is 3.83. The Morgan fingerprint density at radius 1 is 1.00 bits per heavy atom. The van der Waals surface area contributed by atoms with E-state index in [-0.39, 0.29) is 6.54 Å². The number of nitrogens with zero attached hydrogens (tertiary/aromatic N) is 2. The smallest absolute Gasteiger partial charge is 0.324 e. The van der Waals surface area contributed by atoms with Crippen LogP contribution in [0.3, 0.4) is 0 Å². The topological polar surface area (TPSA) is 86.8 Å². The first-order valence-electron chi connectivity index (χ1n) is 7.81. The highest BCUT2D eigenvalue weighted by Crippen LogP contribution is 2.22. The summed E-state index contributed by atoms with van der Waals surface area (Å²) in [6, 6.07) is 3.13. The molecule has 0 unspecified atom stereocenters. The lowest BCUT2D eigenvalue weighted by molar-refractivity contribution is -0.143. The third kappa shape index (κ3) is 3.29. The molecule has 1 heterocycles. The van der Waals surface area contributed by atoms with Crippen molar-refractivity contribution in [1.29, 1.82) is 0 Å². The van der Waals surface area contributed by atoms with Gasteiger partial charge < -0.3 is 5.32 Å². The normalized spacial score (nSPS) is 14.6. The second-order valence-electron chi connectivity index (χ2n) is 5.95. The summed E-state index contributed by atoms with van der Waals surface area (Å²) >= 11 is 0. The summed E-state index contributed by atoms with van der Waals surface area (Å²) in [5.41, 5.74) is 3.52. The summed E-state index contributed by atoms with van der Waals surface area (Å²) in [6.07, 6.45) is 0.548. The van der Waals surface area contributed by atoms with E-state index < -0.39 is 30.3 Å². The van der Waals surface area contributed by atoms with E-state index in [4.69, 9.17) is 0 Å². The molecule has 7 heteroatoms. The molecule has 1 aliphatic rings. The SMILES string of the molecule is CCCN1C(=O)C(=O)N(CC(=O)Nc2c(C)cc(C)cc2C)C1=O. The first-order valence-corrected chi connectivity index (χ1v) is 7.81. The van der Waals surface area contributed by atoms with Crippen molar-refractivity contribution in [2.24, 2.45) is 0 Å². The molecule has 1 aromatic rings. The molecule has 0 aliphatic carbocycles. The van der Waals surface area contributed by atoms with E-state index in [1.807, 2.05) is 32.9 Å². The molecule has 1 aliphatic heterocycles. The maximum atomic E-state index is 12.2. The second-order valence-corrected chi connectivity index (χ2v) is 5.95. The fraction of sp³-hybridized carbons (Fsp3) is 0.412. The summed E-state index contributed by atoms with van der Waals surface area (Å²) in [5.74, 6) is -2.35. The number of anilines is 1. The third-order valence-corrected chi connectivity index (χ3v) is 3.83. The highest BCUT2D eigenvalue weighted by atomic mass is 16.2. The molecule has 1 saturated heterocycles. The molecular formula is C17H21N3O4. The molecule has 0 radical (unpaired) electrons. The lowest BCUT2D eigenvalue weighted by Gasteiger charge is -2.16. The van der Waals surface area contributed by atoms with Gasteiger partial charge in [-0.1, -0.05) is 24.6 Å². The van der Waals surface area contributed by atoms with E-state index in [2.05, 4.69) is 5.32 Å². The van der Waals surface area contributed by atoms with Crippen molar-refractivity contribution in [1.82, 2.24) is 9.80 Å². The number of carbonyl (C=O) groups excluding carboxylic acids is 4. The molecule has 5 amide bonds. The molecule has 128 valence electrons. The van der Waals surface area contributed by atoms with Crippen LogP contribution in [-0.2, 0) is 14.4 Å². The highest BCUT2D eigenvalue weighted by molar-refractivity contribution is 6.45. The van der Waals surface area contributed by atoms with Crippen LogP contribution in [0.25, 0.3) is 0 Å². The maximum absolute atomic E-state index is 12.2. The van der Waals surface area contributed by atoms with Gasteiger partial charge in [-0.15, -0.1) is 0 Å². The van der Waals surface area contributed by atoms with Crippen LogP contribution >= 0.6 is 0 Å². The van der Waals surface area contributed by atoms with Gasteiger partial charge in [0.25, 0.3) is 0 Å². The highest BCUT2D eigenvalue weighted by Gasteiger charge is 2.44. The largest absolute Gasteiger partial charge is 0.334 e. The molecule has 0 aromatic heterocycles. The van der Waals surface area contributed by atoms with Crippen LogP contribution in [0.4, 0.5) is 10.5 Å². The minimum Gasteiger partial charge on any atom is -0.324 e. The molecule has 0 bridgehead atoms. The molecule has 0 saturated carbocycles. The Morgan fingerprint density at radius 3 is 2.08 bits per heavy atom. The van der Waals surface area contributed by atoms with E-state index >= 15 is 0 Å². The van der Waals surface area contributed by atoms with Crippen molar-refractivity contribution >= 4 is 29.4 Å². The van der Waals surface area contributed by atoms with Crippen LogP contribution in [0, 0.1) is 20.8 Å². The van der Waals surface area contributed by atoms with Crippen molar-refractivity contribution in [3.05, 3.63) is 28.8 Å². The number of imide groups is 2. The minimum atomic E-state index is -0.957. The number of urea groups is 1. The number of carbonyl (C=O) groups is 4. The standard InChI is InChI=1S/C17H21N3O4/c1-5-6-19-15(22)16(23)20(17(19)24)9-13(21)18-14-11(3)7-10(2)8-12(14)4/h7-8H,5-6,9H2,1-4H3,(H,18,21). The zero-order valence-electron chi connectivity index (χ0n) is 14.3. The van der Waals surface area contributed by atoms with Crippen molar-refractivity contribution < 1.29 is 19.2 Å². The number of benzene rings is 1. The Kier molecular flexibility index (Phi) is 5.02. The average molecular weight is 331 g/mol. The van der Waals surface area contributed by atoms with Gasteiger partial charge in [0.1, 0.15) is 6.54 Å². The Morgan fingerprint density at radius 2 is 1.54 bits per heavy atom. The first kappa shape index (κ1) is 17.7. The van der Waals surface area contributed by atoms with E-state index in [0.717, 1.165) is 21.6 Å². The molecule has 0 atom stereocenters. The van der Waals surface area contributed by atoms with Gasteiger partial charge >= 0.3 is 17.8 Å². The zero-order valence-corrected chi connectivity index (χ0v) is 14.3. The average Bonchev–Trinajstić information content (AvgIpc) is 2.69. The Balaban J connectivity index is 2.12. The number of nitrogens with one attached hydrogen (secondary N) is 1. The molecule has 1 aromatic carbocycles. The Labute approximate surface area is 140 Å². The van der Waals surface area contributed by atoms with Crippen LogP contribution < -0.4 is 5.32 Å². The molecule has 0 spiro atoms. The van der Waals surface area contributed by atoms with E-state index in [1.165, 1.54) is 0 Å². The summed E-state index contributed by atoms with van der Waals surface area (Å²) in [4.78, 5) is 49.6. The molecule has 7 nitrogen and oxygen atoms in total. The second kappa shape index (κ2) is 6.82. The van der Waals surface area contributed by atoms with Gasteiger partial charge in [0.15, 0.2) is 0 Å². The summed E-state index contributed by atoms with van der Waals surface area (Å²) < 4.78 is 0. The van der Waals surface area contributed by atoms with Gasteiger partial charge in [-0.2, -0.15) is 0 Å². The van der Waals surface area contributed by atoms with E-state index in [0.29, 0.717) is 17.0 Å². The number of hydrogen-bond acceptors (Lipinski definition) is 4. The van der Waals surface area contributed by atoms with Gasteiger partial charge in [-0.3, -0.25) is 19.3 Å². The fourth-order valence-corrected chi connectivity index (χ4v) is 2.81. The number of hydrogen-bond donors (Lipinski definition) is 1. The Bertz CT molecular complexity index is 704. The first-order chi connectivity index (χ1) is 11.3. The van der Waals surface area contributed by atoms with Gasteiger partial charge in [0, 0.05) is 12.2 Å². The molecule has 1 N–H and O–H groups in total. The minimum absolute atomic E-state index is 0.164. The lowest BCUT2D eigenvalue weighted by Crippen LogP contribution is -2.39. The lowest BCUT2D eigenvalue weighted by atomic mass is 10.1. The fourth-order valence-electron chi connectivity index (χ4n) is 2.81. The van der Waals surface area contributed by atoms with Crippen molar-refractivity contribution in [3.8, 4) is 0 Å². The van der Waals surface area contributed by atoms with Crippen molar-refractivity contribution in [2.75, 3.05) is 18.4 Å². The van der Waals surface area contributed by atoms with E-state index in [1.54, 1.807) is 6.92 Å². The number of rotatable bonds is 5. The van der Waals surface area contributed by atoms with Crippen molar-refractivity contribution in [3.63, 3.8) is 0 Å². The predicted molar refractivity (Wildman–Crippen MR) is 88.4 cm³/mol. The maximum Gasteiger partial charge on any atom is 0.334 e. The predicted octanol–water partition coefficient (Wildman–Crippen LogP) is 1.75. The summed E-state index contributed by atoms with van der Waals surface area (Å²) in [5, 5.41) is 2.72. The quantitative estimate of drug-likeness (QED) is 0.658. The molecule has 24 heavy (non-hydrogen) atoms. The van der Waals surface area contributed by atoms with Crippen LogP contribution in [0.5, 0.6) is 0 Å². The van der Waals surface area contributed by atoms with Gasteiger partial charge in [0.2, 0.25) is 5.91 Å². The van der Waals surface area contributed by atoms with E-state index in [9.17, 15) is 19.2 Å². The number of aryl methyl sites for hydroxylation is 3. The summed E-state index contributed by atoms with van der Waals surface area (Å²) in [6.45, 7) is 7.18. The molecular weight excluding hydrogens is 310 g/mol. The van der Waals surface area contributed by atoms with Crippen LogP contribution in [0.15, 0.2) is 12.1 Å². The van der Waals surface area contributed by atoms with Crippen molar-refractivity contribution in [2.45, 2.75) is 34.1 Å². The molecule has 1 fully saturated rings. The molecule has 2 rings (SSSR count). The van der Waals surface area contributed by atoms with Gasteiger partial charge in [0.05, 0.1) is 0 Å². The zero-order chi connectivity index (χ0) is 18.0. The van der Waals surface area contributed by atoms with Gasteiger partial charge in [-0.25, -0.2) is 9.69 Å². The Hall–Kier alpha value is -2.70. The number of amides is 5. The van der Waals surface area contributed by atoms with Crippen LogP contribution in [0.1, 0.15) is 30.0 Å². The van der Waals surface area contributed by atoms with Crippen LogP contribution in [-0.4, -0.2) is 46.6 Å². The monoisotopic (exact) mass is 331 g/mol. The van der Waals surface area contributed by atoms with Crippen LogP contribution in [0.2, 0.25) is 0 Å². The van der Waals surface area contributed by atoms with Gasteiger partial charge in [-0.05, 0) is 38.3 Å².